The minimum absolute atomic E-state index is 0. The van der Waals surface area contributed by atoms with Gasteiger partial charge in [0.1, 0.15) is 6.04 Å². The molecule has 2 heterocycles. The number of nitrogens with zero attached hydrogens (tertiary/aromatic N) is 3. The number of likely N-dealkylation sites (N-methyl/N-ethyl adjacent to an activating group) is 1. The van der Waals surface area contributed by atoms with Crippen LogP contribution in [-0.4, -0.2) is 27.3 Å². The molecule has 1 amide bonds. The van der Waals surface area contributed by atoms with Crippen LogP contribution in [0, 0.1) is 0 Å². The van der Waals surface area contributed by atoms with Crippen LogP contribution in [-0.2, 0) is 18.9 Å². The summed E-state index contributed by atoms with van der Waals surface area (Å²) in [4.78, 5) is 24.0. The second-order valence-corrected chi connectivity index (χ2v) is 5.27. The first-order valence-corrected chi connectivity index (χ1v) is 7.06. The van der Waals surface area contributed by atoms with E-state index in [2.05, 4.69) is 15.7 Å². The molecule has 0 fully saturated rings. The number of amides is 1. The molecule has 0 aliphatic carbocycles. The molecule has 0 saturated carbocycles. The van der Waals surface area contributed by atoms with Gasteiger partial charge < -0.3 is 15.1 Å². The predicted molar refractivity (Wildman–Crippen MR) is 92.3 cm³/mol. The van der Waals surface area contributed by atoms with Crippen molar-refractivity contribution in [1.82, 2.24) is 19.7 Å². The fourth-order valence-corrected chi connectivity index (χ4v) is 2.46. The van der Waals surface area contributed by atoms with E-state index in [4.69, 9.17) is 4.42 Å². The van der Waals surface area contributed by atoms with Crippen LogP contribution in [0.15, 0.2) is 39.8 Å². The Bertz CT molecular complexity index is 927. The second kappa shape index (κ2) is 6.90. The van der Waals surface area contributed by atoms with Crippen molar-refractivity contribution in [2.24, 2.45) is 14.1 Å². The molecule has 24 heavy (non-hydrogen) atoms. The van der Waals surface area contributed by atoms with Crippen LogP contribution in [0.5, 0.6) is 0 Å². The number of aryl methyl sites for hydroxylation is 2. The highest BCUT2D eigenvalue weighted by molar-refractivity contribution is 5.96. The van der Waals surface area contributed by atoms with Gasteiger partial charge >= 0.3 is 5.76 Å². The summed E-state index contributed by atoms with van der Waals surface area (Å²) in [6, 6.07) is 4.56. The highest BCUT2D eigenvalue weighted by Gasteiger charge is 2.20. The first-order valence-electron chi connectivity index (χ1n) is 7.06. The molecule has 2 N–H and O–H groups in total. The van der Waals surface area contributed by atoms with Gasteiger partial charge in [-0.3, -0.25) is 14.0 Å². The summed E-state index contributed by atoms with van der Waals surface area (Å²) in [6.07, 6.45) is 3.42. The van der Waals surface area contributed by atoms with Crippen molar-refractivity contribution in [2.75, 3.05) is 12.4 Å². The molecule has 0 aliphatic rings. The van der Waals surface area contributed by atoms with Gasteiger partial charge in [-0.25, -0.2) is 4.79 Å². The summed E-state index contributed by atoms with van der Waals surface area (Å²) >= 11 is 0. The lowest BCUT2D eigenvalue weighted by atomic mass is 10.1. The molecule has 0 bridgehead atoms. The number of nitrogens with one attached hydrogen (secondary N) is 2. The maximum Gasteiger partial charge on any atom is 0.419 e. The van der Waals surface area contributed by atoms with E-state index in [0.717, 1.165) is 5.56 Å². The third-order valence-corrected chi connectivity index (χ3v) is 3.67. The van der Waals surface area contributed by atoms with Crippen molar-refractivity contribution in [3.8, 4) is 0 Å². The van der Waals surface area contributed by atoms with Gasteiger partial charge in [0, 0.05) is 37.6 Å². The molecule has 0 spiro atoms. The fourth-order valence-electron chi connectivity index (χ4n) is 2.46. The number of benzene rings is 1. The van der Waals surface area contributed by atoms with Crippen molar-refractivity contribution in [3.63, 3.8) is 0 Å². The topological polar surface area (TPSA) is 94.1 Å². The van der Waals surface area contributed by atoms with Gasteiger partial charge in [0.2, 0.25) is 5.91 Å². The molecular weight excluding hydrogens is 334 g/mol. The highest BCUT2D eigenvalue weighted by Crippen LogP contribution is 2.20. The van der Waals surface area contributed by atoms with Crippen molar-refractivity contribution < 1.29 is 9.21 Å². The highest BCUT2D eigenvalue weighted by atomic mass is 35.5. The summed E-state index contributed by atoms with van der Waals surface area (Å²) in [5.74, 6) is -0.662. The Balaban J connectivity index is 0.00000208. The Morgan fingerprint density at radius 3 is 2.71 bits per heavy atom. The quantitative estimate of drug-likeness (QED) is 0.736. The van der Waals surface area contributed by atoms with E-state index < -0.39 is 11.8 Å². The van der Waals surface area contributed by atoms with Crippen LogP contribution in [0.4, 0.5) is 5.69 Å². The molecule has 8 nitrogen and oxygen atoms in total. The number of anilines is 1. The maximum atomic E-state index is 12.5. The van der Waals surface area contributed by atoms with Crippen LogP contribution in [0.1, 0.15) is 11.6 Å². The zero-order chi connectivity index (χ0) is 16.6. The van der Waals surface area contributed by atoms with Crippen molar-refractivity contribution in [2.45, 2.75) is 6.04 Å². The average molecular weight is 352 g/mol. The summed E-state index contributed by atoms with van der Waals surface area (Å²) < 4.78 is 8.17. The zero-order valence-corrected chi connectivity index (χ0v) is 14.3. The molecule has 0 radical (unpaired) electrons. The molecule has 1 unspecified atom stereocenters. The van der Waals surface area contributed by atoms with Gasteiger partial charge in [0.25, 0.3) is 0 Å². The van der Waals surface area contributed by atoms with Gasteiger partial charge in [0.15, 0.2) is 5.58 Å². The third-order valence-electron chi connectivity index (χ3n) is 3.67. The fraction of sp³-hybridized carbons (Fsp3) is 0.267. The zero-order valence-electron chi connectivity index (χ0n) is 13.4. The number of fused-ring (bicyclic) bond motifs is 1. The molecule has 0 saturated heterocycles. The van der Waals surface area contributed by atoms with E-state index in [9.17, 15) is 9.59 Å². The minimum Gasteiger partial charge on any atom is -0.408 e. The molecule has 9 heteroatoms. The molecule has 2 aromatic heterocycles. The van der Waals surface area contributed by atoms with Gasteiger partial charge in [-0.05, 0) is 19.2 Å². The lowest BCUT2D eigenvalue weighted by molar-refractivity contribution is -0.118. The number of oxazole rings is 1. The van der Waals surface area contributed by atoms with E-state index in [1.54, 1.807) is 56.4 Å². The Kier molecular flexibility index (Phi) is 5.10. The van der Waals surface area contributed by atoms with Crippen molar-refractivity contribution in [3.05, 3.63) is 46.7 Å². The lowest BCUT2D eigenvalue weighted by Crippen LogP contribution is -2.30. The van der Waals surface area contributed by atoms with E-state index in [1.807, 2.05) is 0 Å². The summed E-state index contributed by atoms with van der Waals surface area (Å²) in [5, 5.41) is 9.84. The normalized spacial score (nSPS) is 12.0. The van der Waals surface area contributed by atoms with Crippen LogP contribution in [0.3, 0.4) is 0 Å². The van der Waals surface area contributed by atoms with Crippen LogP contribution >= 0.6 is 12.4 Å². The maximum absolute atomic E-state index is 12.5. The Hall–Kier alpha value is -2.58. The van der Waals surface area contributed by atoms with Gasteiger partial charge in [-0.15, -0.1) is 12.4 Å². The molecule has 1 atom stereocenters. The molecule has 0 aliphatic heterocycles. The van der Waals surface area contributed by atoms with Crippen molar-refractivity contribution >= 4 is 35.1 Å². The lowest BCUT2D eigenvalue weighted by Gasteiger charge is -2.14. The van der Waals surface area contributed by atoms with Gasteiger partial charge in [0.05, 0.1) is 11.7 Å². The number of carbonyl (C=O) groups is 1. The Morgan fingerprint density at radius 1 is 1.33 bits per heavy atom. The molecule has 3 rings (SSSR count). The van der Waals surface area contributed by atoms with Gasteiger partial charge in [-0.1, -0.05) is 0 Å². The van der Waals surface area contributed by atoms with E-state index in [0.29, 0.717) is 16.8 Å². The number of carbonyl (C=O) groups excluding carboxylic acids is 1. The molecular formula is C15H18ClN5O3. The van der Waals surface area contributed by atoms with Gasteiger partial charge in [-0.2, -0.15) is 5.10 Å². The number of hydrogen-bond donors (Lipinski definition) is 2. The summed E-state index contributed by atoms with van der Waals surface area (Å²) in [7, 11) is 5.13. The second-order valence-electron chi connectivity index (χ2n) is 5.27. The molecule has 128 valence electrons. The standard InChI is InChI=1S/C15H17N5O3.ClH/c1-16-13(9-7-17-19(2)8-9)14(21)18-10-4-5-11-12(6-10)23-15(22)20(11)3;/h4-8,13,16H,1-3H3,(H,18,21);1H. The Morgan fingerprint density at radius 2 is 2.08 bits per heavy atom. The smallest absolute Gasteiger partial charge is 0.408 e. The summed E-state index contributed by atoms with van der Waals surface area (Å²) in [6.45, 7) is 0. The largest absolute Gasteiger partial charge is 0.419 e. The third kappa shape index (κ3) is 3.19. The average Bonchev–Trinajstić information content (AvgIpc) is 3.04. The van der Waals surface area contributed by atoms with E-state index in [1.165, 1.54) is 4.57 Å². The molecule has 1 aromatic carbocycles. The van der Waals surface area contributed by atoms with E-state index in [-0.39, 0.29) is 18.3 Å². The SMILES string of the molecule is CNC(C(=O)Nc1ccc2c(c1)oc(=O)n2C)c1cnn(C)c1.Cl. The first kappa shape index (κ1) is 17.8. The molecule has 3 aromatic rings. The Labute approximate surface area is 143 Å². The minimum atomic E-state index is -0.526. The number of halogens is 1. The van der Waals surface area contributed by atoms with Crippen LogP contribution in [0.25, 0.3) is 11.1 Å². The predicted octanol–water partition coefficient (Wildman–Crippen LogP) is 1.19. The number of aromatic nitrogens is 3. The van der Waals surface area contributed by atoms with Crippen LogP contribution < -0.4 is 16.4 Å². The first-order chi connectivity index (χ1) is 11.0. The number of rotatable bonds is 4. The monoisotopic (exact) mass is 351 g/mol. The number of hydrogen-bond acceptors (Lipinski definition) is 5. The van der Waals surface area contributed by atoms with E-state index >= 15 is 0 Å². The summed E-state index contributed by atoms with van der Waals surface area (Å²) in [5.41, 5.74) is 2.42. The van der Waals surface area contributed by atoms with Crippen molar-refractivity contribution in [1.29, 1.82) is 0 Å². The van der Waals surface area contributed by atoms with Crippen LogP contribution in [0.2, 0.25) is 0 Å².